The van der Waals surface area contributed by atoms with E-state index in [1.165, 1.54) is 0 Å². The van der Waals surface area contributed by atoms with Crippen molar-refractivity contribution < 1.29 is 24.2 Å². The van der Waals surface area contributed by atoms with E-state index in [1.54, 1.807) is 0 Å². The van der Waals surface area contributed by atoms with Crippen LogP contribution in [0.5, 0.6) is 0 Å². The summed E-state index contributed by atoms with van der Waals surface area (Å²) in [5, 5.41) is 15.1. The van der Waals surface area contributed by atoms with Crippen LogP contribution in [0.2, 0.25) is 0 Å². The number of carboxylic acids is 1. The van der Waals surface area contributed by atoms with Gasteiger partial charge in [-0.25, -0.2) is 0 Å². The van der Waals surface area contributed by atoms with Crippen molar-refractivity contribution in [2.45, 2.75) is 25.4 Å². The molecule has 1 amide bonds. The molecule has 0 spiro atoms. The molecule has 2 aliphatic heterocycles. The summed E-state index contributed by atoms with van der Waals surface area (Å²) in [7, 11) is 0. The Bertz CT molecular complexity index is 375. The summed E-state index contributed by atoms with van der Waals surface area (Å²) in [5.74, 6) is -1.15. The summed E-state index contributed by atoms with van der Waals surface area (Å²) in [4.78, 5) is 23.2. The lowest BCUT2D eigenvalue weighted by Gasteiger charge is -2.39. The van der Waals surface area contributed by atoms with Crippen molar-refractivity contribution in [2.24, 2.45) is 5.41 Å². The SMILES string of the molecule is CC1(OCC(=O)NCC2(C(=O)O)CCOCC2)CNC1. The second-order valence-corrected chi connectivity index (χ2v) is 5.82. The highest BCUT2D eigenvalue weighted by Crippen LogP contribution is 2.30. The molecule has 7 nitrogen and oxygen atoms in total. The number of amides is 1. The van der Waals surface area contributed by atoms with Crippen LogP contribution in [0.25, 0.3) is 0 Å². The van der Waals surface area contributed by atoms with Crippen molar-refractivity contribution >= 4 is 11.9 Å². The molecule has 2 rings (SSSR count). The molecule has 0 aromatic rings. The van der Waals surface area contributed by atoms with Crippen LogP contribution in [-0.2, 0) is 19.1 Å². The molecule has 0 atom stereocenters. The third kappa shape index (κ3) is 3.47. The van der Waals surface area contributed by atoms with E-state index in [9.17, 15) is 14.7 Å². The van der Waals surface area contributed by atoms with E-state index >= 15 is 0 Å². The van der Waals surface area contributed by atoms with Crippen LogP contribution in [0.1, 0.15) is 19.8 Å². The van der Waals surface area contributed by atoms with Gasteiger partial charge < -0.3 is 25.2 Å². The largest absolute Gasteiger partial charge is 0.481 e. The molecule has 0 aliphatic carbocycles. The van der Waals surface area contributed by atoms with Gasteiger partial charge in [0.25, 0.3) is 0 Å². The zero-order valence-corrected chi connectivity index (χ0v) is 11.7. The molecule has 3 N–H and O–H groups in total. The lowest BCUT2D eigenvalue weighted by molar-refractivity contribution is -0.155. The summed E-state index contributed by atoms with van der Waals surface area (Å²) in [6, 6.07) is 0. The van der Waals surface area contributed by atoms with E-state index in [2.05, 4.69) is 10.6 Å². The Morgan fingerprint density at radius 3 is 2.50 bits per heavy atom. The zero-order valence-electron chi connectivity index (χ0n) is 11.7. The Hall–Kier alpha value is -1.18. The Morgan fingerprint density at radius 1 is 1.35 bits per heavy atom. The maximum atomic E-state index is 11.8. The molecular weight excluding hydrogens is 264 g/mol. The summed E-state index contributed by atoms with van der Waals surface area (Å²) >= 11 is 0. The maximum Gasteiger partial charge on any atom is 0.311 e. The van der Waals surface area contributed by atoms with Gasteiger partial charge in [-0.3, -0.25) is 9.59 Å². The normalized spacial score (nSPS) is 23.6. The fraction of sp³-hybridized carbons (Fsp3) is 0.846. The number of rotatable bonds is 6. The minimum Gasteiger partial charge on any atom is -0.481 e. The molecule has 2 fully saturated rings. The number of carbonyl (C=O) groups excluding carboxylic acids is 1. The smallest absolute Gasteiger partial charge is 0.311 e. The predicted molar refractivity (Wildman–Crippen MR) is 70.4 cm³/mol. The molecule has 0 aromatic carbocycles. The molecule has 0 radical (unpaired) electrons. The molecule has 0 saturated carbocycles. The Kier molecular flexibility index (Phi) is 4.62. The Balaban J connectivity index is 1.77. The van der Waals surface area contributed by atoms with Gasteiger partial charge in [-0.05, 0) is 19.8 Å². The summed E-state index contributed by atoms with van der Waals surface area (Å²) in [5.41, 5.74) is -1.18. The summed E-state index contributed by atoms with van der Waals surface area (Å²) in [6.45, 7) is 4.33. The number of carbonyl (C=O) groups is 2. The lowest BCUT2D eigenvalue weighted by atomic mass is 9.80. The van der Waals surface area contributed by atoms with Gasteiger partial charge in [-0.2, -0.15) is 0 Å². The Labute approximate surface area is 118 Å². The number of hydrogen-bond acceptors (Lipinski definition) is 5. The van der Waals surface area contributed by atoms with Crippen molar-refractivity contribution in [3.63, 3.8) is 0 Å². The lowest BCUT2D eigenvalue weighted by Crippen LogP contribution is -2.59. The van der Waals surface area contributed by atoms with Crippen LogP contribution >= 0.6 is 0 Å². The second kappa shape index (κ2) is 6.07. The van der Waals surface area contributed by atoms with E-state index in [0.29, 0.717) is 26.1 Å². The molecular formula is C13H22N2O5. The topological polar surface area (TPSA) is 96.9 Å². The molecule has 7 heteroatoms. The molecule has 0 bridgehead atoms. The van der Waals surface area contributed by atoms with Crippen LogP contribution in [0.4, 0.5) is 0 Å². The van der Waals surface area contributed by atoms with Crippen LogP contribution in [-0.4, -0.2) is 62.0 Å². The third-order valence-corrected chi connectivity index (χ3v) is 4.08. The van der Waals surface area contributed by atoms with Gasteiger partial charge in [0.2, 0.25) is 5.91 Å². The first kappa shape index (κ1) is 15.2. The average molecular weight is 286 g/mol. The zero-order chi connectivity index (χ0) is 14.6. The van der Waals surface area contributed by atoms with Crippen molar-refractivity contribution in [1.29, 1.82) is 0 Å². The summed E-state index contributed by atoms with van der Waals surface area (Å²) < 4.78 is 10.7. The van der Waals surface area contributed by atoms with Crippen molar-refractivity contribution in [3.05, 3.63) is 0 Å². The first-order chi connectivity index (χ1) is 9.46. The fourth-order valence-corrected chi connectivity index (χ4v) is 2.37. The van der Waals surface area contributed by atoms with E-state index < -0.39 is 11.4 Å². The molecule has 2 aliphatic rings. The predicted octanol–water partition coefficient (Wildman–Crippen LogP) is -0.637. The monoisotopic (exact) mass is 286 g/mol. The van der Waals surface area contributed by atoms with Crippen LogP contribution < -0.4 is 10.6 Å². The van der Waals surface area contributed by atoms with Crippen molar-refractivity contribution in [3.8, 4) is 0 Å². The quantitative estimate of drug-likeness (QED) is 0.601. The van der Waals surface area contributed by atoms with Gasteiger partial charge in [0, 0.05) is 32.8 Å². The molecule has 2 heterocycles. The minimum atomic E-state index is -0.907. The van der Waals surface area contributed by atoms with Crippen LogP contribution in [0.15, 0.2) is 0 Å². The molecule has 114 valence electrons. The highest BCUT2D eigenvalue weighted by molar-refractivity contribution is 5.79. The molecule has 0 aromatic heterocycles. The number of ether oxygens (including phenoxy) is 2. The highest BCUT2D eigenvalue weighted by atomic mass is 16.5. The first-order valence-corrected chi connectivity index (χ1v) is 6.88. The first-order valence-electron chi connectivity index (χ1n) is 6.88. The molecule has 20 heavy (non-hydrogen) atoms. The molecule has 2 saturated heterocycles. The van der Waals surface area contributed by atoms with Gasteiger partial charge in [0.15, 0.2) is 0 Å². The van der Waals surface area contributed by atoms with E-state index in [4.69, 9.17) is 9.47 Å². The van der Waals surface area contributed by atoms with Crippen LogP contribution in [0.3, 0.4) is 0 Å². The third-order valence-electron chi connectivity index (χ3n) is 4.08. The number of aliphatic carboxylic acids is 1. The average Bonchev–Trinajstić information content (AvgIpc) is 2.41. The standard InChI is InChI=1S/C13H22N2O5/c1-12(7-14-8-12)20-6-10(16)15-9-13(11(17)18)2-4-19-5-3-13/h14H,2-9H2,1H3,(H,15,16)(H,17,18). The van der Waals surface area contributed by atoms with Crippen molar-refractivity contribution in [2.75, 3.05) is 39.5 Å². The Morgan fingerprint density at radius 2 is 2.00 bits per heavy atom. The fourth-order valence-electron chi connectivity index (χ4n) is 2.37. The van der Waals surface area contributed by atoms with Gasteiger partial charge in [-0.1, -0.05) is 0 Å². The van der Waals surface area contributed by atoms with E-state index in [0.717, 1.165) is 13.1 Å². The minimum absolute atomic E-state index is 0.0373. The summed E-state index contributed by atoms with van der Waals surface area (Å²) in [6.07, 6.45) is 0.843. The number of nitrogens with one attached hydrogen (secondary N) is 2. The second-order valence-electron chi connectivity index (χ2n) is 5.82. The molecule has 0 unspecified atom stereocenters. The highest BCUT2D eigenvalue weighted by Gasteiger charge is 2.40. The maximum absolute atomic E-state index is 11.8. The van der Waals surface area contributed by atoms with Gasteiger partial charge in [-0.15, -0.1) is 0 Å². The van der Waals surface area contributed by atoms with Gasteiger partial charge in [0.1, 0.15) is 6.61 Å². The van der Waals surface area contributed by atoms with E-state index in [1.807, 2.05) is 6.92 Å². The van der Waals surface area contributed by atoms with Crippen LogP contribution in [0, 0.1) is 5.41 Å². The number of carboxylic acid groups (broad SMARTS) is 1. The van der Waals surface area contributed by atoms with Gasteiger partial charge in [0.05, 0.1) is 11.0 Å². The number of hydrogen-bond donors (Lipinski definition) is 3. The van der Waals surface area contributed by atoms with Crippen molar-refractivity contribution in [1.82, 2.24) is 10.6 Å². The van der Waals surface area contributed by atoms with E-state index in [-0.39, 0.29) is 24.7 Å². The van der Waals surface area contributed by atoms with Gasteiger partial charge >= 0.3 is 5.97 Å².